The van der Waals surface area contributed by atoms with Gasteiger partial charge in [-0.3, -0.25) is 0 Å². The van der Waals surface area contributed by atoms with Gasteiger partial charge in [-0.15, -0.1) is 0 Å². The van der Waals surface area contributed by atoms with Crippen LogP contribution in [0.3, 0.4) is 0 Å². The zero-order valence-electron chi connectivity index (χ0n) is 11.7. The lowest BCUT2D eigenvalue weighted by atomic mass is 10.2. The van der Waals surface area contributed by atoms with Gasteiger partial charge in [-0.05, 0) is 31.2 Å². The smallest absolute Gasteiger partial charge is 0.242 e. The Bertz CT molecular complexity index is 825. The molecule has 0 aliphatic heterocycles. The molecule has 10 heteroatoms. The van der Waals surface area contributed by atoms with E-state index in [1.165, 1.54) is 6.33 Å². The molecule has 0 atom stereocenters. The van der Waals surface area contributed by atoms with Gasteiger partial charge in [0.2, 0.25) is 10.0 Å². The third-order valence-electron chi connectivity index (χ3n) is 2.85. The van der Waals surface area contributed by atoms with Crippen LogP contribution in [0.15, 0.2) is 35.5 Å². The van der Waals surface area contributed by atoms with Crippen LogP contribution in [0.2, 0.25) is 5.02 Å². The Morgan fingerprint density at radius 3 is 2.52 bits per heavy atom. The summed E-state index contributed by atoms with van der Waals surface area (Å²) in [6.45, 7) is 1.50. The molecule has 124 valence electrons. The van der Waals surface area contributed by atoms with Crippen molar-refractivity contribution in [2.24, 2.45) is 0 Å². The van der Waals surface area contributed by atoms with Crippen molar-refractivity contribution in [1.29, 1.82) is 0 Å². The standard InChI is InChI=1S/C13H11ClF3N3O2S/c1-8-4-10(19-7-18-8)6-20-23(21,22)12-5-9(13(15,16)17)2-3-11(12)14/h2-5,7,20H,6H2,1H3. The molecule has 0 bridgehead atoms. The van der Waals surface area contributed by atoms with Crippen molar-refractivity contribution >= 4 is 21.6 Å². The average molecular weight is 366 g/mol. The number of rotatable bonds is 4. The van der Waals surface area contributed by atoms with Gasteiger partial charge in [-0.1, -0.05) is 11.6 Å². The summed E-state index contributed by atoms with van der Waals surface area (Å²) in [6.07, 6.45) is -3.41. The van der Waals surface area contributed by atoms with E-state index >= 15 is 0 Å². The number of alkyl halides is 3. The van der Waals surface area contributed by atoms with Crippen LogP contribution in [0.25, 0.3) is 0 Å². The van der Waals surface area contributed by atoms with Crippen molar-refractivity contribution in [3.05, 3.63) is 52.6 Å². The molecule has 1 aromatic heterocycles. The van der Waals surface area contributed by atoms with Gasteiger partial charge in [0.05, 0.1) is 22.8 Å². The molecule has 0 radical (unpaired) electrons. The lowest BCUT2D eigenvalue weighted by Crippen LogP contribution is -2.24. The molecule has 2 aromatic rings. The quantitative estimate of drug-likeness (QED) is 0.904. The summed E-state index contributed by atoms with van der Waals surface area (Å²) in [5, 5.41) is -0.302. The maximum atomic E-state index is 12.7. The Hall–Kier alpha value is -1.71. The minimum atomic E-state index is -4.67. The number of sulfonamides is 1. The monoisotopic (exact) mass is 365 g/mol. The SMILES string of the molecule is Cc1cc(CNS(=O)(=O)c2cc(C(F)(F)F)ccc2Cl)ncn1. The van der Waals surface area contributed by atoms with Crippen LogP contribution in [-0.2, 0) is 22.7 Å². The summed E-state index contributed by atoms with van der Waals surface area (Å²) in [4.78, 5) is 7.09. The van der Waals surface area contributed by atoms with E-state index in [1.807, 2.05) is 0 Å². The number of aromatic nitrogens is 2. The molecule has 1 heterocycles. The van der Waals surface area contributed by atoms with Gasteiger partial charge in [0, 0.05) is 5.69 Å². The zero-order chi connectivity index (χ0) is 17.3. The van der Waals surface area contributed by atoms with Crippen LogP contribution in [0, 0.1) is 6.92 Å². The molecule has 0 unspecified atom stereocenters. The predicted molar refractivity (Wildman–Crippen MR) is 77.2 cm³/mol. The van der Waals surface area contributed by atoms with E-state index in [0.29, 0.717) is 17.5 Å². The molecule has 1 N–H and O–H groups in total. The number of nitrogens with zero attached hydrogens (tertiary/aromatic N) is 2. The third kappa shape index (κ3) is 4.40. The van der Waals surface area contributed by atoms with Gasteiger partial charge in [0.15, 0.2) is 0 Å². The van der Waals surface area contributed by atoms with Crippen molar-refractivity contribution in [2.45, 2.75) is 24.5 Å². The van der Waals surface area contributed by atoms with Crippen LogP contribution < -0.4 is 4.72 Å². The average Bonchev–Trinajstić information content (AvgIpc) is 2.44. The van der Waals surface area contributed by atoms with E-state index < -0.39 is 26.7 Å². The Kier molecular flexibility index (Phi) is 4.92. The van der Waals surface area contributed by atoms with Crippen molar-refractivity contribution in [3.63, 3.8) is 0 Å². The number of nitrogens with one attached hydrogen (secondary N) is 1. The van der Waals surface area contributed by atoms with Crippen molar-refractivity contribution in [1.82, 2.24) is 14.7 Å². The van der Waals surface area contributed by atoms with E-state index in [9.17, 15) is 21.6 Å². The zero-order valence-corrected chi connectivity index (χ0v) is 13.3. The first-order valence-corrected chi connectivity index (χ1v) is 8.09. The largest absolute Gasteiger partial charge is 0.416 e. The van der Waals surface area contributed by atoms with Gasteiger partial charge < -0.3 is 0 Å². The second-order valence-electron chi connectivity index (χ2n) is 4.62. The first-order valence-electron chi connectivity index (χ1n) is 6.23. The van der Waals surface area contributed by atoms with Gasteiger partial charge in [-0.25, -0.2) is 23.1 Å². The normalized spacial score (nSPS) is 12.4. The summed E-state index contributed by atoms with van der Waals surface area (Å²) < 4.78 is 64.7. The first kappa shape index (κ1) is 17.6. The molecule has 0 fully saturated rings. The van der Waals surface area contributed by atoms with Gasteiger partial charge in [-0.2, -0.15) is 13.2 Å². The summed E-state index contributed by atoms with van der Waals surface area (Å²) in [5.41, 5.74) is -0.0874. The maximum absolute atomic E-state index is 12.7. The van der Waals surface area contributed by atoms with Crippen LogP contribution >= 0.6 is 11.6 Å². The minimum Gasteiger partial charge on any atom is -0.242 e. The second-order valence-corrected chi connectivity index (χ2v) is 6.76. The van der Waals surface area contributed by atoms with Crippen LogP contribution in [0.1, 0.15) is 17.0 Å². The fourth-order valence-electron chi connectivity index (χ4n) is 1.74. The summed E-state index contributed by atoms with van der Waals surface area (Å²) >= 11 is 5.73. The molecule has 0 aliphatic carbocycles. The highest BCUT2D eigenvalue weighted by Gasteiger charge is 2.32. The lowest BCUT2D eigenvalue weighted by Gasteiger charge is -2.12. The summed E-state index contributed by atoms with van der Waals surface area (Å²) in [5.74, 6) is 0. The van der Waals surface area contributed by atoms with Crippen LogP contribution in [0.4, 0.5) is 13.2 Å². The molecular weight excluding hydrogens is 355 g/mol. The van der Waals surface area contributed by atoms with Crippen LogP contribution in [-0.4, -0.2) is 18.4 Å². The van der Waals surface area contributed by atoms with Crippen molar-refractivity contribution in [2.75, 3.05) is 0 Å². The highest BCUT2D eigenvalue weighted by Crippen LogP contribution is 2.33. The third-order valence-corrected chi connectivity index (χ3v) is 4.73. The molecule has 5 nitrogen and oxygen atoms in total. The molecule has 2 rings (SSSR count). The first-order chi connectivity index (χ1) is 10.6. The predicted octanol–water partition coefficient (Wildman–Crippen LogP) is 2.94. The topological polar surface area (TPSA) is 72.0 Å². The fraction of sp³-hybridized carbons (Fsp3) is 0.231. The van der Waals surface area contributed by atoms with Crippen molar-refractivity contribution in [3.8, 4) is 0 Å². The Morgan fingerprint density at radius 2 is 1.91 bits per heavy atom. The van der Waals surface area contributed by atoms with Crippen LogP contribution in [0.5, 0.6) is 0 Å². The second kappa shape index (κ2) is 6.42. The fourth-order valence-corrected chi connectivity index (χ4v) is 3.26. The minimum absolute atomic E-state index is 0.196. The molecule has 0 saturated heterocycles. The maximum Gasteiger partial charge on any atom is 0.416 e. The molecule has 0 aliphatic rings. The van der Waals surface area contributed by atoms with Gasteiger partial charge >= 0.3 is 6.18 Å². The van der Waals surface area contributed by atoms with Gasteiger partial charge in [0.25, 0.3) is 0 Å². The van der Waals surface area contributed by atoms with E-state index in [1.54, 1.807) is 13.0 Å². The summed E-state index contributed by atoms with van der Waals surface area (Å²) in [6, 6.07) is 3.66. The number of benzene rings is 1. The Balaban J connectivity index is 2.29. The molecule has 23 heavy (non-hydrogen) atoms. The molecule has 0 amide bonds. The van der Waals surface area contributed by atoms with E-state index in [2.05, 4.69) is 14.7 Å². The molecule has 0 saturated carbocycles. The van der Waals surface area contributed by atoms with Crippen molar-refractivity contribution < 1.29 is 21.6 Å². The lowest BCUT2D eigenvalue weighted by molar-refractivity contribution is -0.137. The highest BCUT2D eigenvalue weighted by atomic mass is 35.5. The number of aryl methyl sites for hydroxylation is 1. The number of hydrogen-bond donors (Lipinski definition) is 1. The number of hydrogen-bond acceptors (Lipinski definition) is 4. The molecular formula is C13H11ClF3N3O2S. The highest BCUT2D eigenvalue weighted by molar-refractivity contribution is 7.89. The summed E-state index contributed by atoms with van der Waals surface area (Å²) in [7, 11) is -4.23. The number of halogens is 4. The van der Waals surface area contributed by atoms with E-state index in [-0.39, 0.29) is 11.6 Å². The van der Waals surface area contributed by atoms with Gasteiger partial charge in [0.1, 0.15) is 11.2 Å². The Labute approximate surface area is 135 Å². The Morgan fingerprint density at radius 1 is 1.22 bits per heavy atom. The molecule has 0 spiro atoms. The van der Waals surface area contributed by atoms with E-state index in [0.717, 1.165) is 12.1 Å². The molecule has 1 aromatic carbocycles. The van der Waals surface area contributed by atoms with E-state index in [4.69, 9.17) is 11.6 Å².